The molecule has 0 aromatic carbocycles. The topological polar surface area (TPSA) is 66.7 Å². The molecule has 6 nitrogen and oxygen atoms in total. The van der Waals surface area contributed by atoms with E-state index in [9.17, 15) is 0 Å². The molecule has 0 amide bonds. The summed E-state index contributed by atoms with van der Waals surface area (Å²) in [6.45, 7) is 11.6. The van der Waals surface area contributed by atoms with Crippen LogP contribution >= 0.6 is 0 Å². The minimum Gasteiger partial charge on any atom is -0.351 e. The summed E-state index contributed by atoms with van der Waals surface area (Å²) in [6, 6.07) is 0.385. The van der Waals surface area contributed by atoms with E-state index >= 15 is 0 Å². The summed E-state index contributed by atoms with van der Waals surface area (Å²) >= 11 is 0. The zero-order valence-corrected chi connectivity index (χ0v) is 13.8. The summed E-state index contributed by atoms with van der Waals surface area (Å²) in [5, 5.41) is 0.980. The fraction of sp³-hybridized carbons (Fsp3) is 1.00. The van der Waals surface area contributed by atoms with Crippen LogP contribution in [0.4, 0.5) is 0 Å². The van der Waals surface area contributed by atoms with Gasteiger partial charge in [0.1, 0.15) is 6.04 Å². The van der Waals surface area contributed by atoms with Gasteiger partial charge in [-0.3, -0.25) is 10.7 Å². The Morgan fingerprint density at radius 1 is 1.05 bits per heavy atom. The maximum Gasteiger partial charge on any atom is 0.101 e. The maximum absolute atomic E-state index is 4.32. The predicted octanol–water partition coefficient (Wildman–Crippen LogP) is 1.52. The predicted molar refractivity (Wildman–Crippen MR) is 82.6 cm³/mol. The monoisotopic (exact) mass is 286 g/mol. The summed E-state index contributed by atoms with van der Waals surface area (Å²) in [7, 11) is 0. The fourth-order valence-electron chi connectivity index (χ4n) is 2.87. The minimum atomic E-state index is 0.263. The molecule has 1 aliphatic rings. The molecule has 1 saturated heterocycles. The largest absolute Gasteiger partial charge is 0.351 e. The van der Waals surface area contributed by atoms with Crippen molar-refractivity contribution in [2.45, 2.75) is 79.2 Å². The van der Waals surface area contributed by atoms with Gasteiger partial charge < -0.3 is 5.53 Å². The summed E-state index contributed by atoms with van der Waals surface area (Å²) in [6.07, 6.45) is 7.95. The van der Waals surface area contributed by atoms with Crippen molar-refractivity contribution in [3.63, 3.8) is 0 Å². The first kappa shape index (κ1) is 17.8. The molecule has 3 unspecified atom stereocenters. The molecule has 0 saturated carbocycles. The summed E-state index contributed by atoms with van der Waals surface area (Å²) < 4.78 is 0. The molecule has 1 fully saturated rings. The first-order valence-electron chi connectivity index (χ1n) is 8.11. The van der Waals surface area contributed by atoms with Crippen LogP contribution in [0.15, 0.2) is 0 Å². The molecule has 1 heterocycles. The number of hydrazine groups is 3. The Morgan fingerprint density at radius 3 is 2.30 bits per heavy atom. The van der Waals surface area contributed by atoms with E-state index in [1.54, 1.807) is 0 Å². The molecule has 3 atom stereocenters. The van der Waals surface area contributed by atoms with Gasteiger partial charge in [0.15, 0.2) is 0 Å². The lowest BCUT2D eigenvalue weighted by atomic mass is 9.70. The average Bonchev–Trinajstić information content (AvgIpc) is 2.46. The number of rotatable bonds is 9. The van der Waals surface area contributed by atoms with Gasteiger partial charge in [0.2, 0.25) is 0 Å². The molecule has 1 aliphatic heterocycles. The Morgan fingerprint density at radius 2 is 1.75 bits per heavy atom. The number of nitrogens with one attached hydrogen (secondary N) is 5. The molecule has 0 aromatic rings. The van der Waals surface area contributed by atoms with Crippen LogP contribution in [-0.4, -0.2) is 6.04 Å². The van der Waals surface area contributed by atoms with Gasteiger partial charge in [-0.1, -0.05) is 65.3 Å². The number of nitrogens with zero attached hydrogens (tertiary/aromatic N) is 1. The molecular formula is C14H34N6. The number of hydrogen-bond acceptors (Lipinski definition) is 4. The van der Waals surface area contributed by atoms with Crippen LogP contribution in [0.1, 0.15) is 73.1 Å². The Balaban J connectivity index is 2.50. The Bertz CT molecular complexity index is 254. The molecule has 0 bridgehead atoms. The van der Waals surface area contributed by atoms with E-state index in [1.165, 1.54) is 38.5 Å². The summed E-state index contributed by atoms with van der Waals surface area (Å²) in [4.78, 5) is 0. The quantitative estimate of drug-likeness (QED) is 0.417. The van der Waals surface area contributed by atoms with Crippen molar-refractivity contribution in [3.05, 3.63) is 5.53 Å². The van der Waals surface area contributed by atoms with Crippen molar-refractivity contribution >= 4 is 0 Å². The smallest absolute Gasteiger partial charge is 0.101 e. The first-order chi connectivity index (χ1) is 9.52. The maximum atomic E-state index is 4.32. The van der Waals surface area contributed by atoms with Crippen molar-refractivity contribution in [1.82, 2.24) is 22.1 Å². The van der Waals surface area contributed by atoms with Crippen molar-refractivity contribution in [1.29, 1.82) is 0 Å². The average molecular weight is 286 g/mol. The van der Waals surface area contributed by atoms with E-state index in [4.69, 9.17) is 0 Å². The molecule has 0 aliphatic carbocycles. The molecule has 0 aromatic heterocycles. The van der Waals surface area contributed by atoms with E-state index in [1.807, 2.05) is 0 Å². The lowest BCUT2D eigenvalue weighted by Gasteiger charge is -2.48. The third-order valence-corrected chi connectivity index (χ3v) is 5.02. The normalized spacial score (nSPS) is 24.6. The van der Waals surface area contributed by atoms with Crippen LogP contribution in [0.25, 0.3) is 5.53 Å². The molecule has 120 valence electrons. The van der Waals surface area contributed by atoms with Crippen LogP contribution in [0, 0.1) is 11.3 Å². The summed E-state index contributed by atoms with van der Waals surface area (Å²) in [5.41, 5.74) is 16.1. The number of hydrogen-bond donors (Lipinski definition) is 5. The first-order valence-corrected chi connectivity index (χ1v) is 8.11. The van der Waals surface area contributed by atoms with Crippen molar-refractivity contribution in [2.24, 2.45) is 11.3 Å². The second-order valence-corrected chi connectivity index (χ2v) is 6.53. The van der Waals surface area contributed by atoms with Gasteiger partial charge in [-0.25, -0.2) is 0 Å². The minimum absolute atomic E-state index is 0.263. The van der Waals surface area contributed by atoms with E-state index in [0.29, 0.717) is 12.0 Å². The molecule has 20 heavy (non-hydrogen) atoms. The van der Waals surface area contributed by atoms with E-state index < -0.39 is 0 Å². The fourth-order valence-corrected chi connectivity index (χ4v) is 2.87. The second kappa shape index (κ2) is 8.92. The second-order valence-electron chi connectivity index (χ2n) is 6.53. The molecular weight excluding hydrogens is 252 g/mol. The van der Waals surface area contributed by atoms with Crippen LogP contribution < -0.4 is 27.3 Å². The van der Waals surface area contributed by atoms with Gasteiger partial charge in [0.25, 0.3) is 0 Å². The standard InChI is InChI=1S/C14H34N6/c1-6-7-8-9-10-11-14(5,12(2)3)13(4)20-18-16-15-17-19-20/h12-13,15-18,20H,6-11H2,1-5H3. The molecule has 0 radical (unpaired) electrons. The number of quaternary nitrogens is 1. The van der Waals surface area contributed by atoms with Crippen molar-refractivity contribution in [3.8, 4) is 0 Å². The molecule has 5 N–H and O–H groups in total. The van der Waals surface area contributed by atoms with Crippen molar-refractivity contribution in [2.75, 3.05) is 0 Å². The Hall–Kier alpha value is -0.240. The third kappa shape index (κ3) is 4.95. The van der Waals surface area contributed by atoms with Crippen LogP contribution in [0.5, 0.6) is 0 Å². The van der Waals surface area contributed by atoms with Gasteiger partial charge in [0, 0.05) is 5.41 Å². The van der Waals surface area contributed by atoms with Crippen LogP contribution in [-0.2, 0) is 0 Å². The zero-order chi connectivity index (χ0) is 15.0. The molecule has 6 heteroatoms. The highest BCUT2D eigenvalue weighted by Crippen LogP contribution is 2.35. The van der Waals surface area contributed by atoms with Gasteiger partial charge >= 0.3 is 0 Å². The van der Waals surface area contributed by atoms with Crippen LogP contribution in [0.3, 0.4) is 0 Å². The van der Waals surface area contributed by atoms with E-state index in [-0.39, 0.29) is 5.41 Å². The van der Waals surface area contributed by atoms with Gasteiger partial charge in [-0.2, -0.15) is 5.53 Å². The lowest BCUT2D eigenvalue weighted by Crippen LogP contribution is -3.24. The zero-order valence-electron chi connectivity index (χ0n) is 13.8. The van der Waals surface area contributed by atoms with E-state index in [0.717, 1.165) is 5.12 Å². The van der Waals surface area contributed by atoms with Gasteiger partial charge in [-0.05, 0) is 19.3 Å². The SMILES string of the molecule is CCCCCCCC(C)(C(C)C)C(C)[NH+]1[N-]NNNN1. The molecule has 1 rings (SSSR count). The van der Waals surface area contributed by atoms with Crippen molar-refractivity contribution < 1.29 is 5.12 Å². The van der Waals surface area contributed by atoms with E-state index in [2.05, 4.69) is 62.3 Å². The lowest BCUT2D eigenvalue weighted by molar-refractivity contribution is -0.956. The highest BCUT2D eigenvalue weighted by atomic mass is 16.1. The van der Waals surface area contributed by atoms with Gasteiger partial charge in [0.05, 0.1) is 0 Å². The number of unbranched alkanes of at least 4 members (excludes halogenated alkanes) is 4. The highest BCUT2D eigenvalue weighted by molar-refractivity contribution is 4.83. The highest BCUT2D eigenvalue weighted by Gasteiger charge is 2.39. The van der Waals surface area contributed by atoms with Crippen LogP contribution in [0.2, 0.25) is 0 Å². The Kier molecular flexibility index (Phi) is 7.94. The third-order valence-electron chi connectivity index (χ3n) is 5.02. The van der Waals surface area contributed by atoms with Gasteiger partial charge in [-0.15, -0.1) is 5.53 Å². The molecule has 0 spiro atoms. The Labute approximate surface area is 124 Å². The summed E-state index contributed by atoms with van der Waals surface area (Å²) in [5.74, 6) is 0.628.